The first-order valence-corrected chi connectivity index (χ1v) is 15.9. The molecule has 212 valence electrons. The molecule has 0 radical (unpaired) electrons. The number of hydrogen-bond donors (Lipinski definition) is 0. The Kier molecular flexibility index (Phi) is 5.64. The third-order valence-corrected chi connectivity index (χ3v) is 10.1. The SMILES string of the molecule is CC1(C)c2ccccc2-c2ccc(-c3c4ccccc4c(-c4ccc5ccccc5c4-c4ccccc4)c4ccccc34)cc21. The molecule has 1 aliphatic carbocycles. The molecule has 0 saturated heterocycles. The molecule has 0 heteroatoms. The highest BCUT2D eigenvalue weighted by Gasteiger charge is 2.35. The third kappa shape index (κ3) is 3.79. The minimum absolute atomic E-state index is 0.0524. The Morgan fingerprint density at radius 1 is 0.333 bits per heavy atom. The van der Waals surface area contributed by atoms with E-state index in [0.717, 1.165) is 0 Å². The maximum Gasteiger partial charge on any atom is 0.0159 e. The second-order valence-electron chi connectivity index (χ2n) is 12.8. The maximum atomic E-state index is 2.47. The third-order valence-electron chi connectivity index (χ3n) is 10.1. The number of rotatable bonds is 3. The quantitative estimate of drug-likeness (QED) is 0.185. The van der Waals surface area contributed by atoms with Crippen molar-refractivity contribution in [1.82, 2.24) is 0 Å². The molecule has 0 nitrogen and oxygen atoms in total. The molecule has 8 aromatic rings. The van der Waals surface area contributed by atoms with Crippen LogP contribution < -0.4 is 0 Å². The molecule has 45 heavy (non-hydrogen) atoms. The molecule has 0 heterocycles. The summed E-state index contributed by atoms with van der Waals surface area (Å²) >= 11 is 0. The Balaban J connectivity index is 1.38. The topological polar surface area (TPSA) is 0 Å². The lowest BCUT2D eigenvalue weighted by atomic mass is 9.80. The zero-order valence-electron chi connectivity index (χ0n) is 25.5. The lowest BCUT2D eigenvalue weighted by Crippen LogP contribution is -2.14. The summed E-state index contributed by atoms with van der Waals surface area (Å²) < 4.78 is 0. The van der Waals surface area contributed by atoms with E-state index in [2.05, 4.69) is 172 Å². The Morgan fingerprint density at radius 3 is 1.58 bits per heavy atom. The molecule has 0 unspecified atom stereocenters. The lowest BCUT2D eigenvalue weighted by Gasteiger charge is -2.23. The van der Waals surface area contributed by atoms with Crippen molar-refractivity contribution in [3.63, 3.8) is 0 Å². The zero-order chi connectivity index (χ0) is 30.1. The van der Waals surface area contributed by atoms with Crippen LogP contribution in [-0.2, 0) is 5.41 Å². The van der Waals surface area contributed by atoms with Gasteiger partial charge in [0.05, 0.1) is 0 Å². The molecule has 0 N–H and O–H groups in total. The molecule has 0 aliphatic heterocycles. The smallest absolute Gasteiger partial charge is 0.0159 e. The number of fused-ring (bicyclic) bond motifs is 6. The minimum Gasteiger partial charge on any atom is -0.0622 e. The van der Waals surface area contributed by atoms with Crippen molar-refractivity contribution in [2.45, 2.75) is 19.3 Å². The van der Waals surface area contributed by atoms with Gasteiger partial charge in [-0.05, 0) is 94.0 Å². The Morgan fingerprint density at radius 2 is 0.867 bits per heavy atom. The molecule has 1 aliphatic rings. The van der Waals surface area contributed by atoms with Crippen LogP contribution in [0.1, 0.15) is 25.0 Å². The average molecular weight is 573 g/mol. The van der Waals surface area contributed by atoms with Gasteiger partial charge in [0.25, 0.3) is 0 Å². The molecule has 0 fully saturated rings. The first kappa shape index (κ1) is 26.0. The average Bonchev–Trinajstić information content (AvgIpc) is 3.32. The van der Waals surface area contributed by atoms with E-state index in [1.54, 1.807) is 0 Å². The van der Waals surface area contributed by atoms with Crippen LogP contribution in [0.3, 0.4) is 0 Å². The van der Waals surface area contributed by atoms with Crippen LogP contribution in [0, 0.1) is 0 Å². The van der Waals surface area contributed by atoms with Crippen molar-refractivity contribution < 1.29 is 0 Å². The predicted molar refractivity (Wildman–Crippen MR) is 193 cm³/mol. The van der Waals surface area contributed by atoms with Crippen molar-refractivity contribution in [3.05, 3.63) is 169 Å². The molecular weight excluding hydrogens is 540 g/mol. The Hall–Kier alpha value is -5.46. The molecule has 8 aromatic carbocycles. The van der Waals surface area contributed by atoms with E-state index in [1.807, 2.05) is 0 Å². The summed E-state index contributed by atoms with van der Waals surface area (Å²) in [6, 6.07) is 58.4. The van der Waals surface area contributed by atoms with Gasteiger partial charge in [0.1, 0.15) is 0 Å². The summed E-state index contributed by atoms with van der Waals surface area (Å²) in [5.41, 5.74) is 13.1. The van der Waals surface area contributed by atoms with Crippen LogP contribution in [0.2, 0.25) is 0 Å². The summed E-state index contributed by atoms with van der Waals surface area (Å²) in [7, 11) is 0. The summed E-state index contributed by atoms with van der Waals surface area (Å²) in [5, 5.41) is 7.66. The first-order valence-electron chi connectivity index (χ1n) is 15.9. The second-order valence-corrected chi connectivity index (χ2v) is 12.8. The van der Waals surface area contributed by atoms with Gasteiger partial charge in [-0.1, -0.05) is 166 Å². The van der Waals surface area contributed by atoms with Gasteiger partial charge in [-0.25, -0.2) is 0 Å². The normalized spacial score (nSPS) is 13.3. The highest BCUT2D eigenvalue weighted by Crippen LogP contribution is 2.52. The van der Waals surface area contributed by atoms with Crippen LogP contribution in [0.15, 0.2) is 158 Å². The summed E-state index contributed by atoms with van der Waals surface area (Å²) in [4.78, 5) is 0. The molecule has 0 amide bonds. The van der Waals surface area contributed by atoms with Gasteiger partial charge < -0.3 is 0 Å². The second kappa shape index (κ2) is 9.78. The number of benzene rings is 8. The van der Waals surface area contributed by atoms with Crippen molar-refractivity contribution in [2.75, 3.05) is 0 Å². The highest BCUT2D eigenvalue weighted by molar-refractivity contribution is 6.23. The summed E-state index contributed by atoms with van der Waals surface area (Å²) in [6.45, 7) is 4.73. The van der Waals surface area contributed by atoms with Crippen LogP contribution in [-0.4, -0.2) is 0 Å². The van der Waals surface area contributed by atoms with E-state index in [9.17, 15) is 0 Å². The van der Waals surface area contributed by atoms with E-state index >= 15 is 0 Å². The van der Waals surface area contributed by atoms with Crippen molar-refractivity contribution in [1.29, 1.82) is 0 Å². The predicted octanol–water partition coefficient (Wildman–Crippen LogP) is 12.5. The van der Waals surface area contributed by atoms with E-state index in [1.165, 1.54) is 88.0 Å². The molecular formula is C45H32. The van der Waals surface area contributed by atoms with Gasteiger partial charge in [0.2, 0.25) is 0 Å². The maximum absolute atomic E-state index is 2.47. The van der Waals surface area contributed by atoms with Crippen molar-refractivity contribution in [3.8, 4) is 44.5 Å². The zero-order valence-corrected chi connectivity index (χ0v) is 25.5. The molecule has 0 aromatic heterocycles. The molecule has 0 saturated carbocycles. The van der Waals surface area contributed by atoms with Gasteiger partial charge in [-0.3, -0.25) is 0 Å². The van der Waals surface area contributed by atoms with E-state index in [4.69, 9.17) is 0 Å². The highest BCUT2D eigenvalue weighted by atomic mass is 14.4. The fraction of sp³-hybridized carbons (Fsp3) is 0.0667. The fourth-order valence-corrected chi connectivity index (χ4v) is 7.99. The Bertz CT molecular complexity index is 2390. The Labute approximate surface area is 264 Å². The van der Waals surface area contributed by atoms with Crippen LogP contribution >= 0.6 is 0 Å². The van der Waals surface area contributed by atoms with Gasteiger partial charge in [0.15, 0.2) is 0 Å². The van der Waals surface area contributed by atoms with E-state index in [0.29, 0.717) is 0 Å². The summed E-state index contributed by atoms with van der Waals surface area (Å²) in [6.07, 6.45) is 0. The van der Waals surface area contributed by atoms with E-state index in [-0.39, 0.29) is 5.41 Å². The molecule has 0 bridgehead atoms. The van der Waals surface area contributed by atoms with E-state index < -0.39 is 0 Å². The molecule has 0 spiro atoms. The van der Waals surface area contributed by atoms with Crippen LogP contribution in [0.25, 0.3) is 76.8 Å². The standard InChI is InChI=1S/C45H32/c1-45(2)40-23-13-12-18-33(40)34-26-25-31(28-41(34)45)43-35-19-8-10-21-37(35)44(38-22-11-9-20-36(38)43)39-27-24-29-14-6-7-17-32(29)42(39)30-15-4-3-5-16-30/h3-28H,1-2H3. The summed E-state index contributed by atoms with van der Waals surface area (Å²) in [5.74, 6) is 0. The van der Waals surface area contributed by atoms with Gasteiger partial charge in [-0.2, -0.15) is 0 Å². The van der Waals surface area contributed by atoms with Gasteiger partial charge in [-0.15, -0.1) is 0 Å². The van der Waals surface area contributed by atoms with Crippen molar-refractivity contribution in [2.24, 2.45) is 0 Å². The van der Waals surface area contributed by atoms with Crippen LogP contribution in [0.5, 0.6) is 0 Å². The largest absolute Gasteiger partial charge is 0.0622 e. The number of hydrogen-bond acceptors (Lipinski definition) is 0. The van der Waals surface area contributed by atoms with Crippen molar-refractivity contribution >= 4 is 32.3 Å². The van der Waals surface area contributed by atoms with Gasteiger partial charge >= 0.3 is 0 Å². The van der Waals surface area contributed by atoms with Crippen LogP contribution in [0.4, 0.5) is 0 Å². The fourth-order valence-electron chi connectivity index (χ4n) is 7.99. The molecule has 0 atom stereocenters. The minimum atomic E-state index is -0.0524. The first-order chi connectivity index (χ1) is 22.1. The van der Waals surface area contributed by atoms with Gasteiger partial charge in [0, 0.05) is 5.41 Å². The lowest BCUT2D eigenvalue weighted by molar-refractivity contribution is 0.660. The monoisotopic (exact) mass is 572 g/mol. The molecule has 9 rings (SSSR count).